The first kappa shape index (κ1) is 15.7. The molecule has 0 saturated carbocycles. The summed E-state index contributed by atoms with van der Waals surface area (Å²) in [6.45, 7) is 3.24. The zero-order valence-electron chi connectivity index (χ0n) is 10.6. The molecule has 1 aromatic rings. The second-order valence-electron chi connectivity index (χ2n) is 4.49. The van der Waals surface area contributed by atoms with E-state index in [-0.39, 0.29) is 23.0 Å². The van der Waals surface area contributed by atoms with Crippen molar-refractivity contribution in [3.05, 3.63) is 39.4 Å². The number of nitrogens with zero attached hydrogens (tertiary/aromatic N) is 1. The summed E-state index contributed by atoms with van der Waals surface area (Å²) in [6.07, 6.45) is 0. The molecule has 19 heavy (non-hydrogen) atoms. The van der Waals surface area contributed by atoms with E-state index in [9.17, 15) is 14.9 Å². The number of amides is 1. The minimum atomic E-state index is -0.753. The van der Waals surface area contributed by atoms with Gasteiger partial charge >= 0.3 is 0 Å². The van der Waals surface area contributed by atoms with Crippen LogP contribution < -0.4 is 5.32 Å². The molecule has 0 heterocycles. The number of hydrogen-bond acceptors (Lipinski definition) is 3. The summed E-state index contributed by atoms with van der Waals surface area (Å²) in [5.74, 6) is -0.128. The molecule has 104 valence electrons. The number of nitro benzene ring substituents is 1. The number of hydrogen-bond donors (Lipinski definition) is 1. The van der Waals surface area contributed by atoms with E-state index >= 15 is 0 Å². The standard InChI is InChI=1S/C12H14Cl2N2O3/c1-8-9(4-3-5-10(8)16(18)19)11(17)15-12(2,6-13)7-14/h3-5H,6-7H2,1-2H3,(H,15,17). The number of nitrogens with one attached hydrogen (secondary N) is 1. The predicted octanol–water partition coefficient (Wildman–Crippen LogP) is 2.87. The van der Waals surface area contributed by atoms with Crippen molar-refractivity contribution < 1.29 is 9.72 Å². The van der Waals surface area contributed by atoms with Gasteiger partial charge < -0.3 is 5.32 Å². The number of carbonyl (C=O) groups excluding carboxylic acids is 1. The third-order valence-electron chi connectivity index (χ3n) is 2.75. The number of halogens is 2. The maximum absolute atomic E-state index is 12.1. The van der Waals surface area contributed by atoms with Crippen LogP contribution in [0.3, 0.4) is 0 Å². The minimum absolute atomic E-state index is 0.0916. The van der Waals surface area contributed by atoms with E-state index in [2.05, 4.69) is 5.32 Å². The van der Waals surface area contributed by atoms with Gasteiger partial charge in [0.25, 0.3) is 11.6 Å². The third-order valence-corrected chi connectivity index (χ3v) is 3.93. The fourth-order valence-corrected chi connectivity index (χ4v) is 1.93. The van der Waals surface area contributed by atoms with Crippen molar-refractivity contribution in [3.63, 3.8) is 0 Å². The third kappa shape index (κ3) is 3.58. The van der Waals surface area contributed by atoms with Gasteiger partial charge in [-0.1, -0.05) is 6.07 Å². The molecule has 0 aliphatic rings. The maximum atomic E-state index is 12.1. The van der Waals surface area contributed by atoms with Crippen molar-refractivity contribution in [1.29, 1.82) is 0 Å². The Morgan fingerprint density at radius 1 is 1.42 bits per heavy atom. The summed E-state index contributed by atoms with van der Waals surface area (Å²) in [7, 11) is 0. The van der Waals surface area contributed by atoms with Gasteiger partial charge in [0.1, 0.15) is 0 Å². The van der Waals surface area contributed by atoms with Crippen LogP contribution in [0.5, 0.6) is 0 Å². The van der Waals surface area contributed by atoms with Gasteiger partial charge in [0.05, 0.1) is 10.5 Å². The largest absolute Gasteiger partial charge is 0.344 e. The molecule has 0 fully saturated rings. The Bertz CT molecular complexity index is 502. The van der Waals surface area contributed by atoms with E-state index in [1.54, 1.807) is 6.92 Å². The molecular formula is C12H14Cl2N2O3. The molecule has 5 nitrogen and oxygen atoms in total. The highest BCUT2D eigenvalue weighted by atomic mass is 35.5. The van der Waals surface area contributed by atoms with Gasteiger partial charge in [-0.25, -0.2) is 0 Å². The fourth-order valence-electron chi connectivity index (χ4n) is 1.51. The second kappa shape index (κ2) is 6.21. The fraction of sp³-hybridized carbons (Fsp3) is 0.417. The molecule has 0 aliphatic carbocycles. The lowest BCUT2D eigenvalue weighted by Crippen LogP contribution is -2.49. The highest BCUT2D eigenvalue weighted by Gasteiger charge is 2.26. The summed E-state index contributed by atoms with van der Waals surface area (Å²) in [4.78, 5) is 22.4. The number of rotatable bonds is 5. The molecule has 0 unspecified atom stereocenters. The summed E-state index contributed by atoms with van der Waals surface area (Å²) in [6, 6.07) is 4.35. The van der Waals surface area contributed by atoms with Gasteiger partial charge in [-0.3, -0.25) is 14.9 Å². The first-order chi connectivity index (χ1) is 8.84. The van der Waals surface area contributed by atoms with Gasteiger partial charge in [-0.15, -0.1) is 23.2 Å². The molecular weight excluding hydrogens is 291 g/mol. The SMILES string of the molecule is Cc1c(C(=O)NC(C)(CCl)CCl)cccc1[N+](=O)[O-]. The number of nitro groups is 1. The van der Waals surface area contributed by atoms with Crippen molar-refractivity contribution in [2.24, 2.45) is 0 Å². The normalized spacial score (nSPS) is 11.2. The Hall–Kier alpha value is -1.33. The molecule has 0 bridgehead atoms. The van der Waals surface area contributed by atoms with Crippen LogP contribution in [0.2, 0.25) is 0 Å². The maximum Gasteiger partial charge on any atom is 0.273 e. The quantitative estimate of drug-likeness (QED) is 0.516. The van der Waals surface area contributed by atoms with Gasteiger partial charge in [-0.05, 0) is 19.9 Å². The monoisotopic (exact) mass is 304 g/mol. The van der Waals surface area contributed by atoms with Crippen LogP contribution in [0.15, 0.2) is 18.2 Å². The Morgan fingerprint density at radius 3 is 2.47 bits per heavy atom. The van der Waals surface area contributed by atoms with Crippen LogP contribution in [-0.4, -0.2) is 28.1 Å². The van der Waals surface area contributed by atoms with E-state index in [1.165, 1.54) is 25.1 Å². The molecule has 7 heteroatoms. The van der Waals surface area contributed by atoms with E-state index in [0.717, 1.165) is 0 Å². The molecule has 1 rings (SSSR count). The predicted molar refractivity (Wildman–Crippen MR) is 75.1 cm³/mol. The molecule has 0 atom stereocenters. The summed E-state index contributed by atoms with van der Waals surface area (Å²) < 4.78 is 0. The van der Waals surface area contributed by atoms with E-state index < -0.39 is 16.4 Å². The summed E-state index contributed by atoms with van der Waals surface area (Å²) >= 11 is 11.5. The van der Waals surface area contributed by atoms with Crippen molar-refractivity contribution in [2.45, 2.75) is 19.4 Å². The van der Waals surface area contributed by atoms with Crippen LogP contribution in [-0.2, 0) is 0 Å². The number of alkyl halides is 2. The molecule has 1 amide bonds. The topological polar surface area (TPSA) is 72.2 Å². The van der Waals surface area contributed by atoms with Gasteiger partial charge in [-0.2, -0.15) is 0 Å². The second-order valence-corrected chi connectivity index (χ2v) is 5.02. The van der Waals surface area contributed by atoms with Crippen molar-refractivity contribution in [2.75, 3.05) is 11.8 Å². The molecule has 1 aromatic carbocycles. The highest BCUT2D eigenvalue weighted by Crippen LogP contribution is 2.21. The zero-order chi connectivity index (χ0) is 14.6. The molecule has 0 radical (unpaired) electrons. The van der Waals surface area contributed by atoms with Crippen molar-refractivity contribution in [3.8, 4) is 0 Å². The molecule has 0 spiro atoms. The minimum Gasteiger partial charge on any atom is -0.344 e. The van der Waals surface area contributed by atoms with Crippen molar-refractivity contribution >= 4 is 34.8 Å². The Labute approximate surface area is 121 Å². The summed E-state index contributed by atoms with van der Waals surface area (Å²) in [5, 5.41) is 13.5. The Morgan fingerprint density at radius 2 is 2.00 bits per heavy atom. The van der Waals surface area contributed by atoms with Crippen LogP contribution in [0.1, 0.15) is 22.8 Å². The lowest BCUT2D eigenvalue weighted by Gasteiger charge is -2.26. The van der Waals surface area contributed by atoms with Crippen LogP contribution in [0.25, 0.3) is 0 Å². The van der Waals surface area contributed by atoms with Gasteiger partial charge in [0.15, 0.2) is 0 Å². The smallest absolute Gasteiger partial charge is 0.273 e. The zero-order valence-corrected chi connectivity index (χ0v) is 12.1. The van der Waals surface area contributed by atoms with Crippen LogP contribution in [0, 0.1) is 17.0 Å². The average Bonchev–Trinajstić information content (AvgIpc) is 2.38. The first-order valence-electron chi connectivity index (χ1n) is 5.53. The number of carbonyl (C=O) groups is 1. The highest BCUT2D eigenvalue weighted by molar-refractivity contribution is 6.22. The van der Waals surface area contributed by atoms with E-state index in [0.29, 0.717) is 5.56 Å². The van der Waals surface area contributed by atoms with Crippen LogP contribution in [0.4, 0.5) is 5.69 Å². The first-order valence-corrected chi connectivity index (χ1v) is 6.60. The Balaban J connectivity index is 3.08. The molecule has 0 saturated heterocycles. The summed E-state index contributed by atoms with van der Waals surface area (Å²) in [5.41, 5.74) is -0.282. The average molecular weight is 305 g/mol. The van der Waals surface area contributed by atoms with E-state index in [1.807, 2.05) is 0 Å². The van der Waals surface area contributed by atoms with Crippen molar-refractivity contribution in [1.82, 2.24) is 5.32 Å². The lowest BCUT2D eigenvalue weighted by atomic mass is 10.0. The molecule has 0 aromatic heterocycles. The number of benzene rings is 1. The Kier molecular flexibility index (Phi) is 5.14. The lowest BCUT2D eigenvalue weighted by molar-refractivity contribution is -0.385. The van der Waals surface area contributed by atoms with Crippen LogP contribution >= 0.6 is 23.2 Å². The molecule has 0 aliphatic heterocycles. The van der Waals surface area contributed by atoms with Gasteiger partial charge in [0.2, 0.25) is 0 Å². The van der Waals surface area contributed by atoms with E-state index in [4.69, 9.17) is 23.2 Å². The molecule has 1 N–H and O–H groups in total. The van der Waals surface area contributed by atoms with Gasteiger partial charge in [0, 0.05) is 29.0 Å².